The Bertz CT molecular complexity index is 609. The van der Waals surface area contributed by atoms with Gasteiger partial charge in [-0.05, 0) is 31.4 Å². The highest BCUT2D eigenvalue weighted by molar-refractivity contribution is 7.13. The lowest BCUT2D eigenvalue weighted by Gasteiger charge is -2.18. The summed E-state index contributed by atoms with van der Waals surface area (Å²) in [5.74, 6) is 1.81. The van der Waals surface area contributed by atoms with E-state index in [-0.39, 0.29) is 24.4 Å². The number of carbonyl (C=O) groups is 1. The molecule has 1 unspecified atom stereocenters. The molecule has 0 aromatic carbocycles. The van der Waals surface area contributed by atoms with E-state index in [0.717, 1.165) is 12.2 Å². The smallest absolute Gasteiger partial charge is 0.271 e. The molecule has 2 aromatic heterocycles. The lowest BCUT2D eigenvalue weighted by atomic mass is 10.0. The zero-order valence-corrected chi connectivity index (χ0v) is 14.6. The van der Waals surface area contributed by atoms with E-state index in [1.165, 1.54) is 11.3 Å². The van der Waals surface area contributed by atoms with Crippen molar-refractivity contribution in [1.82, 2.24) is 10.3 Å². The van der Waals surface area contributed by atoms with Crippen molar-refractivity contribution in [2.45, 2.75) is 33.2 Å². The first-order valence-electron chi connectivity index (χ1n) is 7.03. The van der Waals surface area contributed by atoms with Crippen LogP contribution in [0.25, 0.3) is 10.8 Å². The molecule has 5 nitrogen and oxygen atoms in total. The summed E-state index contributed by atoms with van der Waals surface area (Å²) >= 11 is 1.40. The van der Waals surface area contributed by atoms with Crippen LogP contribution in [0.5, 0.6) is 0 Å². The van der Waals surface area contributed by atoms with Gasteiger partial charge in [-0.3, -0.25) is 4.79 Å². The molecule has 0 spiro atoms. The van der Waals surface area contributed by atoms with Crippen LogP contribution in [0.15, 0.2) is 21.9 Å². The highest BCUT2D eigenvalue weighted by atomic mass is 35.5. The summed E-state index contributed by atoms with van der Waals surface area (Å²) in [6, 6.07) is 3.72. The molecule has 7 heteroatoms. The van der Waals surface area contributed by atoms with Crippen LogP contribution in [-0.2, 0) is 0 Å². The second-order valence-electron chi connectivity index (χ2n) is 5.48. The van der Waals surface area contributed by atoms with E-state index in [1.54, 1.807) is 5.38 Å². The second-order valence-corrected chi connectivity index (χ2v) is 6.34. The van der Waals surface area contributed by atoms with Crippen molar-refractivity contribution in [1.29, 1.82) is 0 Å². The van der Waals surface area contributed by atoms with Crippen molar-refractivity contribution >= 4 is 29.7 Å². The molecule has 2 rings (SSSR count). The fourth-order valence-electron chi connectivity index (χ4n) is 2.08. The SMILES string of the molecule is Cc1ccc(-c2nc(C(=O)NC(CN)CC(C)C)cs2)o1.Cl. The molecule has 1 amide bonds. The van der Waals surface area contributed by atoms with E-state index in [2.05, 4.69) is 24.1 Å². The Kier molecular flexibility index (Phi) is 7.06. The van der Waals surface area contributed by atoms with Gasteiger partial charge in [0, 0.05) is 18.0 Å². The van der Waals surface area contributed by atoms with Crippen molar-refractivity contribution in [3.05, 3.63) is 29.0 Å². The van der Waals surface area contributed by atoms with Crippen LogP contribution in [0.2, 0.25) is 0 Å². The monoisotopic (exact) mass is 343 g/mol. The van der Waals surface area contributed by atoms with Crippen molar-refractivity contribution in [3.8, 4) is 10.8 Å². The third-order valence-electron chi connectivity index (χ3n) is 3.06. The summed E-state index contributed by atoms with van der Waals surface area (Å²) in [6.45, 7) is 6.52. The number of halogens is 1. The number of aryl methyl sites for hydroxylation is 1. The first-order chi connectivity index (χ1) is 9.99. The normalized spacial score (nSPS) is 12.0. The number of nitrogens with one attached hydrogen (secondary N) is 1. The summed E-state index contributed by atoms with van der Waals surface area (Å²) in [7, 11) is 0. The molecular formula is C15H22ClN3O2S. The number of rotatable bonds is 6. The second kappa shape index (κ2) is 8.31. The van der Waals surface area contributed by atoms with Gasteiger partial charge < -0.3 is 15.5 Å². The molecule has 0 saturated heterocycles. The molecule has 0 aliphatic heterocycles. The Labute approximate surface area is 140 Å². The Hall–Kier alpha value is -1.37. The quantitative estimate of drug-likeness (QED) is 0.843. The van der Waals surface area contributed by atoms with E-state index < -0.39 is 0 Å². The molecule has 22 heavy (non-hydrogen) atoms. The Balaban J connectivity index is 0.00000242. The maximum absolute atomic E-state index is 12.2. The van der Waals surface area contributed by atoms with Crippen LogP contribution in [-0.4, -0.2) is 23.5 Å². The van der Waals surface area contributed by atoms with Gasteiger partial charge in [0.15, 0.2) is 10.8 Å². The van der Waals surface area contributed by atoms with Crippen LogP contribution in [0.3, 0.4) is 0 Å². The van der Waals surface area contributed by atoms with Crippen LogP contribution in [0, 0.1) is 12.8 Å². The average molecular weight is 344 g/mol. The van der Waals surface area contributed by atoms with Crippen molar-refractivity contribution in [2.75, 3.05) is 6.54 Å². The summed E-state index contributed by atoms with van der Waals surface area (Å²) in [5.41, 5.74) is 6.11. The third kappa shape index (κ3) is 4.83. The number of nitrogens with two attached hydrogens (primary N) is 1. The van der Waals surface area contributed by atoms with Crippen LogP contribution < -0.4 is 11.1 Å². The highest BCUT2D eigenvalue weighted by Crippen LogP contribution is 2.25. The molecule has 0 fully saturated rings. The number of amides is 1. The van der Waals surface area contributed by atoms with Gasteiger partial charge in [-0.2, -0.15) is 0 Å². The minimum atomic E-state index is -0.183. The number of furan rings is 1. The Morgan fingerprint density at radius 1 is 1.45 bits per heavy atom. The van der Waals surface area contributed by atoms with Gasteiger partial charge in [0.1, 0.15) is 11.5 Å². The first-order valence-corrected chi connectivity index (χ1v) is 7.90. The zero-order valence-electron chi connectivity index (χ0n) is 13.0. The molecule has 0 radical (unpaired) electrons. The van der Waals surface area contributed by atoms with Gasteiger partial charge in [-0.15, -0.1) is 23.7 Å². The van der Waals surface area contributed by atoms with Crippen molar-refractivity contribution in [3.63, 3.8) is 0 Å². The maximum Gasteiger partial charge on any atom is 0.271 e. The highest BCUT2D eigenvalue weighted by Gasteiger charge is 2.17. The fraction of sp³-hybridized carbons (Fsp3) is 0.467. The summed E-state index contributed by atoms with van der Waals surface area (Å²) in [4.78, 5) is 16.5. The van der Waals surface area contributed by atoms with E-state index in [4.69, 9.17) is 10.2 Å². The predicted octanol–water partition coefficient (Wildman–Crippen LogP) is 3.24. The minimum absolute atomic E-state index is 0. The molecule has 122 valence electrons. The van der Waals surface area contributed by atoms with E-state index in [1.807, 2.05) is 19.1 Å². The maximum atomic E-state index is 12.2. The Morgan fingerprint density at radius 3 is 2.73 bits per heavy atom. The standard InChI is InChI=1S/C15H21N3O2S.ClH/c1-9(2)6-11(7-16)17-14(19)12-8-21-15(18-12)13-5-4-10(3)20-13;/h4-5,8-9,11H,6-7,16H2,1-3H3,(H,17,19);1H. The van der Waals surface area contributed by atoms with E-state index in [9.17, 15) is 4.79 Å². The molecule has 0 saturated carbocycles. The van der Waals surface area contributed by atoms with Gasteiger partial charge in [-0.1, -0.05) is 13.8 Å². The molecule has 2 heterocycles. The number of nitrogens with zero attached hydrogens (tertiary/aromatic N) is 1. The molecular weight excluding hydrogens is 322 g/mol. The van der Waals surface area contributed by atoms with Crippen LogP contribution in [0.4, 0.5) is 0 Å². The van der Waals surface area contributed by atoms with Crippen molar-refractivity contribution < 1.29 is 9.21 Å². The van der Waals surface area contributed by atoms with Gasteiger partial charge >= 0.3 is 0 Å². The molecule has 0 bridgehead atoms. The summed E-state index contributed by atoms with van der Waals surface area (Å²) in [5, 5.41) is 5.39. The van der Waals surface area contributed by atoms with Crippen LogP contribution >= 0.6 is 23.7 Å². The number of carbonyl (C=O) groups excluding carboxylic acids is 1. The van der Waals surface area contributed by atoms with Gasteiger partial charge in [0.25, 0.3) is 5.91 Å². The Morgan fingerprint density at radius 2 is 2.18 bits per heavy atom. The largest absolute Gasteiger partial charge is 0.459 e. The molecule has 0 aliphatic carbocycles. The number of thiazole rings is 1. The molecule has 0 aliphatic rings. The van der Waals surface area contributed by atoms with Crippen molar-refractivity contribution in [2.24, 2.45) is 11.7 Å². The predicted molar refractivity (Wildman–Crippen MR) is 91.6 cm³/mol. The lowest BCUT2D eigenvalue weighted by Crippen LogP contribution is -2.41. The number of aromatic nitrogens is 1. The first kappa shape index (κ1) is 18.7. The zero-order chi connectivity index (χ0) is 15.4. The van der Waals surface area contributed by atoms with Gasteiger partial charge in [0.2, 0.25) is 0 Å². The molecule has 1 atom stereocenters. The average Bonchev–Trinajstić information content (AvgIpc) is 3.05. The molecule has 3 N–H and O–H groups in total. The minimum Gasteiger partial charge on any atom is -0.459 e. The molecule has 2 aromatic rings. The van der Waals surface area contributed by atoms with Gasteiger partial charge in [-0.25, -0.2) is 4.98 Å². The topological polar surface area (TPSA) is 81.2 Å². The number of hydrogen-bond donors (Lipinski definition) is 2. The summed E-state index contributed by atoms with van der Waals surface area (Å²) in [6.07, 6.45) is 0.858. The number of hydrogen-bond acceptors (Lipinski definition) is 5. The van der Waals surface area contributed by atoms with Gasteiger partial charge in [0.05, 0.1) is 0 Å². The summed E-state index contributed by atoms with van der Waals surface area (Å²) < 4.78 is 5.51. The van der Waals surface area contributed by atoms with E-state index in [0.29, 0.717) is 28.9 Å². The third-order valence-corrected chi connectivity index (χ3v) is 3.92. The van der Waals surface area contributed by atoms with Crippen LogP contribution in [0.1, 0.15) is 36.5 Å². The fourth-order valence-corrected chi connectivity index (χ4v) is 2.84. The van der Waals surface area contributed by atoms with E-state index >= 15 is 0 Å². The lowest BCUT2D eigenvalue weighted by molar-refractivity contribution is 0.0929.